The van der Waals surface area contributed by atoms with E-state index in [1.807, 2.05) is 48.5 Å². The zero-order valence-corrected chi connectivity index (χ0v) is 33.6. The van der Waals surface area contributed by atoms with E-state index in [0.717, 1.165) is 15.9 Å². The standard InChI is InChI=1S/C42H56N2O8Si/c1-40(2,3)51-38(46)43-27-29-48-30-31-49-37(45)33(23-20-32-21-24-34(25-22-32)44-39(47)52-41(4,5)6)26-28-50-53(42(7,8)9,35-16-12-10-13-17-35)36-18-14-11-15-19-36/h10-26H,27-31H2,1-9H3,(H,43,46)(H,44,47)/b23-20+,33-26+. The van der Waals surface area contributed by atoms with Crippen LogP contribution >= 0.6 is 0 Å². The number of carbonyl (C=O) groups is 3. The van der Waals surface area contributed by atoms with Crippen LogP contribution in [0, 0.1) is 0 Å². The van der Waals surface area contributed by atoms with Crippen molar-refractivity contribution in [2.75, 3.05) is 38.3 Å². The van der Waals surface area contributed by atoms with Gasteiger partial charge >= 0.3 is 18.2 Å². The molecule has 0 fully saturated rings. The van der Waals surface area contributed by atoms with Gasteiger partial charge in [-0.05, 0) is 86.8 Å². The number of nitrogens with one attached hydrogen (secondary N) is 2. The smallest absolute Gasteiger partial charge is 0.412 e. The zero-order chi connectivity index (χ0) is 39.1. The van der Waals surface area contributed by atoms with Crippen molar-refractivity contribution in [3.8, 4) is 0 Å². The minimum absolute atomic E-state index is 0.0110. The molecule has 0 aliphatic carbocycles. The molecule has 3 rings (SSSR count). The third kappa shape index (κ3) is 14.3. The largest absolute Gasteiger partial charge is 0.460 e. The second-order valence-electron chi connectivity index (χ2n) is 15.4. The summed E-state index contributed by atoms with van der Waals surface area (Å²) in [5, 5.41) is 7.37. The monoisotopic (exact) mass is 744 g/mol. The van der Waals surface area contributed by atoms with E-state index in [2.05, 4.69) is 55.7 Å². The number of esters is 1. The molecule has 3 aromatic carbocycles. The fourth-order valence-electron chi connectivity index (χ4n) is 5.44. The third-order valence-electron chi connectivity index (χ3n) is 7.64. The lowest BCUT2D eigenvalue weighted by Gasteiger charge is -2.42. The molecular weight excluding hydrogens is 689 g/mol. The van der Waals surface area contributed by atoms with Gasteiger partial charge in [0.15, 0.2) is 0 Å². The summed E-state index contributed by atoms with van der Waals surface area (Å²) < 4.78 is 28.7. The van der Waals surface area contributed by atoms with Gasteiger partial charge in [-0.25, -0.2) is 14.4 Å². The van der Waals surface area contributed by atoms with Crippen LogP contribution in [0.5, 0.6) is 0 Å². The summed E-state index contributed by atoms with van der Waals surface area (Å²) in [5.74, 6) is -0.536. The van der Waals surface area contributed by atoms with Crippen LogP contribution in [-0.2, 0) is 28.2 Å². The van der Waals surface area contributed by atoms with E-state index < -0.39 is 37.7 Å². The van der Waals surface area contributed by atoms with Crippen molar-refractivity contribution in [1.29, 1.82) is 0 Å². The Bertz CT molecular complexity index is 1630. The Balaban J connectivity index is 1.79. The van der Waals surface area contributed by atoms with Crippen molar-refractivity contribution >= 4 is 48.6 Å². The molecule has 0 unspecified atom stereocenters. The molecular formula is C42H56N2O8Si. The molecule has 0 saturated heterocycles. The average molecular weight is 745 g/mol. The van der Waals surface area contributed by atoms with E-state index in [9.17, 15) is 14.4 Å². The van der Waals surface area contributed by atoms with Gasteiger partial charge < -0.3 is 28.7 Å². The number of ether oxygens (including phenoxy) is 4. The quantitative estimate of drug-likeness (QED) is 0.0407. The molecule has 0 saturated carbocycles. The van der Waals surface area contributed by atoms with Crippen LogP contribution in [-0.4, -0.2) is 70.6 Å². The number of rotatable bonds is 15. The SMILES string of the molecule is CC(C)(C)OC(=O)NCCOCCOC(=O)C(/C=C/c1ccc(NC(=O)OC(C)(C)C)cc1)=C/CO[Si](c1ccccc1)(c1ccccc1)C(C)(C)C. The fourth-order valence-corrected chi connectivity index (χ4v) is 9.93. The average Bonchev–Trinajstić information content (AvgIpc) is 3.06. The Morgan fingerprint density at radius 2 is 1.23 bits per heavy atom. The number of carbonyl (C=O) groups excluding carboxylic acids is 3. The van der Waals surface area contributed by atoms with Crippen molar-refractivity contribution in [3.63, 3.8) is 0 Å². The molecule has 286 valence electrons. The molecule has 2 N–H and O–H groups in total. The van der Waals surface area contributed by atoms with Crippen LogP contribution in [0.25, 0.3) is 6.08 Å². The zero-order valence-electron chi connectivity index (χ0n) is 32.6. The van der Waals surface area contributed by atoms with Crippen LogP contribution in [0.4, 0.5) is 15.3 Å². The van der Waals surface area contributed by atoms with E-state index in [4.69, 9.17) is 23.4 Å². The first-order chi connectivity index (χ1) is 24.9. The maximum atomic E-state index is 13.5. The number of hydrogen-bond donors (Lipinski definition) is 2. The summed E-state index contributed by atoms with van der Waals surface area (Å²) >= 11 is 0. The maximum absolute atomic E-state index is 13.5. The topological polar surface area (TPSA) is 121 Å². The first-order valence-electron chi connectivity index (χ1n) is 17.8. The van der Waals surface area contributed by atoms with Gasteiger partial charge in [0.05, 0.1) is 25.4 Å². The highest BCUT2D eigenvalue weighted by Crippen LogP contribution is 2.36. The maximum Gasteiger partial charge on any atom is 0.412 e. The minimum Gasteiger partial charge on any atom is -0.460 e. The molecule has 11 heteroatoms. The molecule has 0 aromatic heterocycles. The molecule has 2 amide bonds. The number of alkyl carbamates (subject to hydrolysis) is 1. The van der Waals surface area contributed by atoms with Crippen molar-refractivity contribution in [1.82, 2.24) is 5.32 Å². The second-order valence-corrected chi connectivity index (χ2v) is 19.7. The van der Waals surface area contributed by atoms with Gasteiger partial charge in [0.25, 0.3) is 8.32 Å². The molecule has 10 nitrogen and oxygen atoms in total. The Morgan fingerprint density at radius 1 is 0.679 bits per heavy atom. The predicted molar refractivity (Wildman–Crippen MR) is 213 cm³/mol. The van der Waals surface area contributed by atoms with Crippen LogP contribution in [0.3, 0.4) is 0 Å². The molecule has 0 aliphatic rings. The first kappa shape index (κ1) is 42.7. The minimum atomic E-state index is -2.86. The van der Waals surface area contributed by atoms with E-state index in [1.54, 1.807) is 71.9 Å². The van der Waals surface area contributed by atoms with E-state index in [-0.39, 0.29) is 38.0 Å². The first-order valence-corrected chi connectivity index (χ1v) is 19.8. The Hall–Kier alpha value is -4.71. The summed E-state index contributed by atoms with van der Waals surface area (Å²) in [6.45, 7) is 18.2. The Labute approximate surface area is 316 Å². The van der Waals surface area contributed by atoms with Crippen molar-refractivity contribution < 1.29 is 37.8 Å². The molecule has 0 atom stereocenters. The molecule has 0 heterocycles. The number of anilines is 1. The van der Waals surface area contributed by atoms with Crippen molar-refractivity contribution in [3.05, 3.63) is 108 Å². The van der Waals surface area contributed by atoms with Crippen LogP contribution in [0.2, 0.25) is 5.04 Å². The van der Waals surface area contributed by atoms with Gasteiger partial charge in [0, 0.05) is 12.2 Å². The summed E-state index contributed by atoms with van der Waals surface area (Å²) in [6.07, 6.45) is 4.17. The van der Waals surface area contributed by atoms with Gasteiger partial charge in [-0.3, -0.25) is 5.32 Å². The highest BCUT2D eigenvalue weighted by molar-refractivity contribution is 6.99. The van der Waals surface area contributed by atoms with Gasteiger partial charge in [-0.1, -0.05) is 99.6 Å². The van der Waals surface area contributed by atoms with Gasteiger partial charge in [0.1, 0.15) is 17.8 Å². The summed E-state index contributed by atoms with van der Waals surface area (Å²) in [4.78, 5) is 37.5. The number of hydrogen-bond acceptors (Lipinski definition) is 8. The molecule has 53 heavy (non-hydrogen) atoms. The molecule has 0 spiro atoms. The van der Waals surface area contributed by atoms with Crippen LogP contribution < -0.4 is 21.0 Å². The van der Waals surface area contributed by atoms with Crippen molar-refractivity contribution in [2.45, 2.75) is 78.6 Å². The highest BCUT2D eigenvalue weighted by Gasteiger charge is 2.50. The van der Waals surface area contributed by atoms with Crippen LogP contribution in [0.15, 0.2) is 103 Å². The highest BCUT2D eigenvalue weighted by atomic mass is 28.4. The van der Waals surface area contributed by atoms with Gasteiger partial charge in [0.2, 0.25) is 0 Å². The Kier molecular flexibility index (Phi) is 15.6. The molecule has 3 aromatic rings. The van der Waals surface area contributed by atoms with E-state index >= 15 is 0 Å². The molecule has 0 radical (unpaired) electrons. The second kappa shape index (κ2) is 19.4. The van der Waals surface area contributed by atoms with Gasteiger partial charge in [-0.2, -0.15) is 0 Å². The van der Waals surface area contributed by atoms with E-state index in [1.165, 1.54) is 0 Å². The van der Waals surface area contributed by atoms with Gasteiger partial charge in [-0.15, -0.1) is 0 Å². The summed E-state index contributed by atoms with van der Waals surface area (Å²) in [5.41, 5.74) is 0.478. The molecule has 0 aliphatic heterocycles. The fraction of sp³-hybridized carbons (Fsp3) is 0.405. The lowest BCUT2D eigenvalue weighted by molar-refractivity contribution is -0.140. The predicted octanol–water partition coefficient (Wildman–Crippen LogP) is 7.63. The lowest BCUT2D eigenvalue weighted by Crippen LogP contribution is -2.66. The Morgan fingerprint density at radius 3 is 1.75 bits per heavy atom. The molecule has 0 bridgehead atoms. The lowest BCUT2D eigenvalue weighted by atomic mass is 10.1. The summed E-state index contributed by atoms with van der Waals surface area (Å²) in [6, 6.07) is 27.7. The summed E-state index contributed by atoms with van der Waals surface area (Å²) in [7, 11) is -2.86. The van der Waals surface area contributed by atoms with Crippen molar-refractivity contribution in [2.24, 2.45) is 0 Å². The number of amides is 2. The number of benzene rings is 3. The van der Waals surface area contributed by atoms with Crippen LogP contribution in [0.1, 0.15) is 67.9 Å². The van der Waals surface area contributed by atoms with E-state index in [0.29, 0.717) is 11.3 Å². The third-order valence-corrected chi connectivity index (χ3v) is 12.6. The normalized spacial score (nSPS) is 12.7.